The van der Waals surface area contributed by atoms with Crippen LogP contribution in [0.5, 0.6) is 0 Å². The Morgan fingerprint density at radius 3 is 2.40 bits per heavy atom. The molecule has 0 atom stereocenters. The third-order valence-electron chi connectivity index (χ3n) is 2.82. The van der Waals surface area contributed by atoms with Gasteiger partial charge in [0.2, 0.25) is 5.76 Å². The van der Waals surface area contributed by atoms with Crippen LogP contribution >= 0.6 is 0 Å². The maximum absolute atomic E-state index is 12.4. The lowest BCUT2D eigenvalue weighted by atomic mass is 10.2. The normalized spacial score (nSPS) is 10.3. The second-order valence-corrected chi connectivity index (χ2v) is 4.39. The van der Waals surface area contributed by atoms with Crippen LogP contribution in [0.1, 0.15) is 21.8 Å². The Labute approximate surface area is 115 Å². The molecule has 6 heteroatoms. The van der Waals surface area contributed by atoms with Crippen LogP contribution in [0.4, 0.5) is 5.69 Å². The van der Waals surface area contributed by atoms with E-state index in [1.807, 2.05) is 19.1 Å². The largest absolute Gasteiger partial charge is 0.480 e. The number of carboxylic acid groups (broad SMARTS) is 1. The summed E-state index contributed by atoms with van der Waals surface area (Å²) in [4.78, 5) is 28.3. The summed E-state index contributed by atoms with van der Waals surface area (Å²) in [5.41, 5.74) is 1.95. The van der Waals surface area contributed by atoms with Crippen molar-refractivity contribution in [2.75, 3.05) is 11.4 Å². The number of aryl methyl sites for hydroxylation is 2. The highest BCUT2D eigenvalue weighted by Crippen LogP contribution is 2.19. The summed E-state index contributed by atoms with van der Waals surface area (Å²) in [7, 11) is 0. The SMILES string of the molecule is Cc1ccc(N(CC(=O)O)C(=O)c2ocnc2C)cc1. The molecule has 0 aliphatic carbocycles. The lowest BCUT2D eigenvalue weighted by molar-refractivity contribution is -0.135. The molecule has 0 saturated heterocycles. The van der Waals surface area contributed by atoms with E-state index in [2.05, 4.69) is 4.98 Å². The van der Waals surface area contributed by atoms with Crippen molar-refractivity contribution >= 4 is 17.6 Å². The van der Waals surface area contributed by atoms with Crippen LogP contribution in [0, 0.1) is 13.8 Å². The first kappa shape index (κ1) is 13.8. The Balaban J connectivity index is 2.37. The van der Waals surface area contributed by atoms with Crippen molar-refractivity contribution in [2.45, 2.75) is 13.8 Å². The van der Waals surface area contributed by atoms with Gasteiger partial charge in [-0.2, -0.15) is 0 Å². The first-order valence-electron chi connectivity index (χ1n) is 5.99. The molecule has 0 saturated carbocycles. The fourth-order valence-corrected chi connectivity index (χ4v) is 1.77. The number of anilines is 1. The quantitative estimate of drug-likeness (QED) is 0.922. The van der Waals surface area contributed by atoms with Crippen LogP contribution < -0.4 is 4.90 Å². The van der Waals surface area contributed by atoms with Crippen LogP contribution in [-0.2, 0) is 4.79 Å². The van der Waals surface area contributed by atoms with Crippen molar-refractivity contribution in [2.24, 2.45) is 0 Å². The van der Waals surface area contributed by atoms with Gasteiger partial charge >= 0.3 is 5.97 Å². The monoisotopic (exact) mass is 274 g/mol. The number of hydrogen-bond acceptors (Lipinski definition) is 4. The number of benzene rings is 1. The van der Waals surface area contributed by atoms with E-state index in [0.29, 0.717) is 11.4 Å². The summed E-state index contributed by atoms with van der Waals surface area (Å²) in [5.74, 6) is -1.57. The van der Waals surface area contributed by atoms with Crippen LogP contribution in [0.25, 0.3) is 0 Å². The zero-order valence-corrected chi connectivity index (χ0v) is 11.2. The second-order valence-electron chi connectivity index (χ2n) is 4.39. The van der Waals surface area contributed by atoms with E-state index in [1.54, 1.807) is 19.1 Å². The molecule has 0 spiro atoms. The highest BCUT2D eigenvalue weighted by molar-refractivity contribution is 6.07. The number of aromatic nitrogens is 1. The molecular formula is C14H14N2O4. The molecule has 2 rings (SSSR count). The maximum Gasteiger partial charge on any atom is 0.323 e. The first-order valence-corrected chi connectivity index (χ1v) is 5.99. The van der Waals surface area contributed by atoms with Crippen molar-refractivity contribution in [3.63, 3.8) is 0 Å². The highest BCUT2D eigenvalue weighted by Gasteiger charge is 2.24. The van der Waals surface area contributed by atoms with Gasteiger partial charge in [0, 0.05) is 5.69 Å². The van der Waals surface area contributed by atoms with Crippen LogP contribution in [0.15, 0.2) is 35.1 Å². The Hall–Kier alpha value is -2.63. The van der Waals surface area contributed by atoms with Gasteiger partial charge in [0.25, 0.3) is 5.91 Å². The molecule has 0 radical (unpaired) electrons. The van der Waals surface area contributed by atoms with Crippen molar-refractivity contribution in [3.05, 3.63) is 47.7 Å². The molecule has 1 N–H and O–H groups in total. The minimum Gasteiger partial charge on any atom is -0.480 e. The third-order valence-corrected chi connectivity index (χ3v) is 2.82. The van der Waals surface area contributed by atoms with E-state index in [9.17, 15) is 9.59 Å². The lowest BCUT2D eigenvalue weighted by Crippen LogP contribution is -2.35. The average Bonchev–Trinajstić information content (AvgIpc) is 2.82. The summed E-state index contributed by atoms with van der Waals surface area (Å²) in [6, 6.07) is 7.01. The summed E-state index contributed by atoms with van der Waals surface area (Å²) in [6.07, 6.45) is 1.16. The van der Waals surface area contributed by atoms with Crippen molar-refractivity contribution in [1.82, 2.24) is 4.98 Å². The molecule has 0 aliphatic heterocycles. The number of rotatable bonds is 4. The van der Waals surface area contributed by atoms with Crippen molar-refractivity contribution in [1.29, 1.82) is 0 Å². The molecule has 104 valence electrons. The molecule has 1 amide bonds. The predicted octanol–water partition coefficient (Wildman–Crippen LogP) is 2.02. The maximum atomic E-state index is 12.4. The average molecular weight is 274 g/mol. The number of carboxylic acids is 1. The fourth-order valence-electron chi connectivity index (χ4n) is 1.77. The Morgan fingerprint density at radius 2 is 1.90 bits per heavy atom. The van der Waals surface area contributed by atoms with Crippen molar-refractivity contribution in [3.8, 4) is 0 Å². The minimum atomic E-state index is -1.10. The summed E-state index contributed by atoms with van der Waals surface area (Å²) in [5, 5.41) is 8.98. The summed E-state index contributed by atoms with van der Waals surface area (Å²) >= 11 is 0. The van der Waals surface area contributed by atoms with E-state index < -0.39 is 18.4 Å². The molecule has 20 heavy (non-hydrogen) atoms. The molecule has 0 aliphatic rings. The fraction of sp³-hybridized carbons (Fsp3) is 0.214. The van der Waals surface area contributed by atoms with Gasteiger partial charge in [0.15, 0.2) is 6.39 Å². The minimum absolute atomic E-state index is 0.0480. The van der Waals surface area contributed by atoms with E-state index in [4.69, 9.17) is 9.52 Å². The number of oxazole rings is 1. The van der Waals surface area contributed by atoms with Crippen LogP contribution in [0.2, 0.25) is 0 Å². The van der Waals surface area contributed by atoms with Crippen LogP contribution in [0.3, 0.4) is 0 Å². The van der Waals surface area contributed by atoms with E-state index >= 15 is 0 Å². The Kier molecular flexibility index (Phi) is 3.84. The molecule has 2 aromatic rings. The summed E-state index contributed by atoms with van der Waals surface area (Å²) < 4.78 is 5.04. The molecule has 0 fully saturated rings. The van der Waals surface area contributed by atoms with Crippen molar-refractivity contribution < 1.29 is 19.1 Å². The third kappa shape index (κ3) is 2.85. The predicted molar refractivity (Wildman–Crippen MR) is 71.7 cm³/mol. The van der Waals surface area contributed by atoms with Gasteiger partial charge in [-0.3, -0.25) is 14.5 Å². The van der Waals surface area contributed by atoms with Gasteiger partial charge in [0.05, 0.1) is 5.69 Å². The molecule has 1 aromatic heterocycles. The molecule has 0 unspecified atom stereocenters. The van der Waals surface area contributed by atoms with E-state index in [1.165, 1.54) is 0 Å². The second kappa shape index (κ2) is 5.56. The number of hydrogen-bond donors (Lipinski definition) is 1. The van der Waals surface area contributed by atoms with E-state index in [0.717, 1.165) is 16.9 Å². The molecular weight excluding hydrogens is 260 g/mol. The highest BCUT2D eigenvalue weighted by atomic mass is 16.4. The summed E-state index contributed by atoms with van der Waals surface area (Å²) in [6.45, 7) is 3.10. The van der Waals surface area contributed by atoms with E-state index in [-0.39, 0.29) is 5.76 Å². The zero-order chi connectivity index (χ0) is 14.7. The van der Waals surface area contributed by atoms with Gasteiger partial charge in [-0.05, 0) is 26.0 Å². The first-order chi connectivity index (χ1) is 9.49. The van der Waals surface area contributed by atoms with Gasteiger partial charge < -0.3 is 9.52 Å². The zero-order valence-electron chi connectivity index (χ0n) is 11.2. The number of carbonyl (C=O) groups excluding carboxylic acids is 1. The number of aliphatic carboxylic acids is 1. The lowest BCUT2D eigenvalue weighted by Gasteiger charge is -2.20. The Bertz CT molecular complexity index is 631. The van der Waals surface area contributed by atoms with Crippen LogP contribution in [-0.4, -0.2) is 28.5 Å². The number of amides is 1. The number of nitrogens with zero attached hydrogens (tertiary/aromatic N) is 2. The molecule has 6 nitrogen and oxygen atoms in total. The molecule has 0 bridgehead atoms. The van der Waals surface area contributed by atoms with Gasteiger partial charge in [0.1, 0.15) is 6.54 Å². The molecule has 1 aromatic carbocycles. The Morgan fingerprint density at radius 1 is 1.25 bits per heavy atom. The standard InChI is InChI=1S/C14H14N2O4/c1-9-3-5-11(6-4-9)16(7-12(17)18)14(19)13-10(2)15-8-20-13/h3-6,8H,7H2,1-2H3,(H,17,18). The number of carbonyl (C=O) groups is 2. The van der Waals surface area contributed by atoms with Gasteiger partial charge in [-0.25, -0.2) is 4.98 Å². The van der Waals surface area contributed by atoms with Gasteiger partial charge in [-0.15, -0.1) is 0 Å². The smallest absolute Gasteiger partial charge is 0.323 e. The van der Waals surface area contributed by atoms with Gasteiger partial charge in [-0.1, -0.05) is 17.7 Å². The topological polar surface area (TPSA) is 83.6 Å². The molecule has 1 heterocycles.